The van der Waals surface area contributed by atoms with E-state index in [9.17, 15) is 24.6 Å². The molecule has 1 spiro atoms. The van der Waals surface area contributed by atoms with E-state index in [1.165, 1.54) is 16.0 Å². The number of likely N-dealkylation sites (tertiary alicyclic amines) is 3. The minimum absolute atomic E-state index is 0.0165. The summed E-state index contributed by atoms with van der Waals surface area (Å²) in [7, 11) is 0. The molecular formula is C56H68N12O5S. The molecule has 3 saturated heterocycles. The van der Waals surface area contributed by atoms with Crippen LogP contribution in [0, 0.1) is 17.8 Å². The Hall–Kier alpha value is -6.50. The number of nitrogens with zero attached hydrogens (tertiary/aromatic N) is 9. The van der Waals surface area contributed by atoms with E-state index in [0.29, 0.717) is 36.3 Å². The SMILES string of the molecule is Cc1ncsc1-c1ccc(CNC(=O)[C@@H]2C[C@@H](O)CN2C(=O)[C@@H](NC(=O)N2CC3(CCC(N4CCC(c5cnc(N6CCc7[nH]c8nnc(-c9ccccc9O)cc8c7[C@H]6C)nc5)CC4)CC3)C2)C(C)(C)C)cc1. The van der Waals surface area contributed by atoms with Crippen LogP contribution in [0.3, 0.4) is 0 Å². The van der Waals surface area contributed by atoms with E-state index in [0.717, 1.165) is 109 Å². The van der Waals surface area contributed by atoms with Crippen LogP contribution >= 0.6 is 11.3 Å². The molecule has 11 rings (SSSR count). The number of aromatic amines is 1. The molecule has 5 aliphatic rings. The quantitative estimate of drug-likeness (QED) is 0.0904. The Kier molecular flexibility index (Phi) is 13.4. The Morgan fingerprint density at radius 2 is 1.68 bits per heavy atom. The maximum atomic E-state index is 14.3. The summed E-state index contributed by atoms with van der Waals surface area (Å²) in [6.07, 6.45) is 10.7. The fourth-order valence-electron chi connectivity index (χ4n) is 12.5. The number of phenolic OH excluding ortho intramolecular Hbond substituents is 1. The molecule has 1 aliphatic carbocycles. The molecular weight excluding hydrogens is 953 g/mol. The van der Waals surface area contributed by atoms with Crippen LogP contribution in [0.5, 0.6) is 5.75 Å². The first kappa shape index (κ1) is 49.7. The number of urea groups is 1. The van der Waals surface area contributed by atoms with Gasteiger partial charge >= 0.3 is 6.03 Å². The van der Waals surface area contributed by atoms with Gasteiger partial charge in [0.15, 0.2) is 5.65 Å². The maximum Gasteiger partial charge on any atom is 0.318 e. The highest BCUT2D eigenvalue weighted by Crippen LogP contribution is 2.46. The summed E-state index contributed by atoms with van der Waals surface area (Å²) in [6, 6.07) is 15.8. The molecule has 4 amide bonds. The number of rotatable bonds is 10. The second-order valence-corrected chi connectivity index (χ2v) is 23.5. The van der Waals surface area contributed by atoms with Crippen LogP contribution < -0.4 is 15.5 Å². The molecule has 74 heavy (non-hydrogen) atoms. The van der Waals surface area contributed by atoms with Gasteiger partial charge < -0.3 is 45.4 Å². The fourth-order valence-corrected chi connectivity index (χ4v) is 13.3. The monoisotopic (exact) mass is 1020 g/mol. The van der Waals surface area contributed by atoms with Gasteiger partial charge in [-0.2, -0.15) is 0 Å². The molecule has 17 nitrogen and oxygen atoms in total. The number of hydrogen-bond acceptors (Lipinski definition) is 13. The van der Waals surface area contributed by atoms with Gasteiger partial charge in [-0.15, -0.1) is 21.5 Å². The van der Waals surface area contributed by atoms with Crippen molar-refractivity contribution in [3.05, 3.63) is 101 Å². The lowest BCUT2D eigenvalue weighted by Crippen LogP contribution is -2.66. The van der Waals surface area contributed by atoms with E-state index in [1.54, 1.807) is 23.5 Å². The third kappa shape index (κ3) is 9.71. The van der Waals surface area contributed by atoms with Crippen molar-refractivity contribution in [3.63, 3.8) is 0 Å². The van der Waals surface area contributed by atoms with E-state index in [-0.39, 0.29) is 54.6 Å². The van der Waals surface area contributed by atoms with Crippen molar-refractivity contribution in [2.24, 2.45) is 10.8 Å². The molecule has 18 heteroatoms. The molecule has 0 unspecified atom stereocenters. The average molecular weight is 1020 g/mol. The zero-order valence-corrected chi connectivity index (χ0v) is 43.9. The summed E-state index contributed by atoms with van der Waals surface area (Å²) in [6.45, 7) is 14.5. The molecule has 4 fully saturated rings. The largest absolute Gasteiger partial charge is 0.507 e. The number of hydrogen-bond donors (Lipinski definition) is 5. The van der Waals surface area contributed by atoms with Crippen LogP contribution in [-0.4, -0.2) is 136 Å². The van der Waals surface area contributed by atoms with Crippen molar-refractivity contribution >= 4 is 46.2 Å². The first-order chi connectivity index (χ1) is 35.6. The van der Waals surface area contributed by atoms with Crippen LogP contribution in [-0.2, 0) is 22.6 Å². The first-order valence-electron chi connectivity index (χ1n) is 26.4. The Labute approximate surface area is 436 Å². The number of aliphatic hydroxyl groups excluding tert-OH is 1. The number of thiazole rings is 1. The van der Waals surface area contributed by atoms with Crippen molar-refractivity contribution in [2.45, 2.75) is 129 Å². The number of β-amino-alcohol motifs (C(OH)–C–C–N with tert-alkyl or cyclic N) is 1. The van der Waals surface area contributed by atoms with Crippen LogP contribution in [0.4, 0.5) is 10.7 Å². The number of aryl methyl sites for hydroxylation is 1. The number of carbonyl (C=O) groups is 3. The smallest absolute Gasteiger partial charge is 0.318 e. The van der Waals surface area contributed by atoms with Crippen LogP contribution in [0.1, 0.15) is 113 Å². The molecule has 8 heterocycles. The Morgan fingerprint density at radius 1 is 0.946 bits per heavy atom. The number of para-hydroxylation sites is 1. The topological polar surface area (TPSA) is 209 Å². The van der Waals surface area contributed by atoms with E-state index in [1.807, 2.05) is 93.0 Å². The number of aliphatic hydroxyl groups is 1. The molecule has 4 atom stereocenters. The molecule has 4 aliphatic heterocycles. The second kappa shape index (κ2) is 20.0. The van der Waals surface area contributed by atoms with Crippen molar-refractivity contribution in [1.82, 2.24) is 55.5 Å². The first-order valence-corrected chi connectivity index (χ1v) is 27.3. The number of nitrogens with one attached hydrogen (secondary N) is 3. The number of aromatic hydroxyl groups is 1. The molecule has 1 saturated carbocycles. The van der Waals surface area contributed by atoms with Gasteiger partial charge in [0.25, 0.3) is 0 Å². The molecule has 6 aromatic rings. The Morgan fingerprint density at radius 3 is 2.36 bits per heavy atom. The highest BCUT2D eigenvalue weighted by atomic mass is 32.1. The predicted molar refractivity (Wildman–Crippen MR) is 284 cm³/mol. The normalized spacial score (nSPS) is 21.9. The minimum atomic E-state index is -0.880. The standard InChI is InChI=1S/C56H68N12O5S/c1-33-48(74-32-60-33)37-12-10-35(11-13-37)26-57-51(71)45-24-40(69)29-68(45)52(72)49(55(3,4)5)62-54(73)66-30-56(31-66)19-14-39(15-20-56)65-21-16-36(17-22-65)38-27-58-53(59-28-38)67-23-18-43-47(34(67)2)42-25-44(63-64-50(42)61-43)41-8-6-7-9-46(41)70/h6-13,25,27-28,32,34,36,39-40,45,49,69-70H,14-24,26,29-31H2,1-5H3,(H,57,71)(H,61,64)(H,62,73)/t34-,40-,45+,49-/m1/s1. The summed E-state index contributed by atoms with van der Waals surface area (Å²) in [5, 5.41) is 37.2. The average Bonchev–Trinajstić information content (AvgIpc) is 4.12. The lowest BCUT2D eigenvalue weighted by Gasteiger charge is -2.55. The van der Waals surface area contributed by atoms with Gasteiger partial charge in [0, 0.05) is 91.6 Å². The number of aromatic nitrogens is 6. The van der Waals surface area contributed by atoms with Crippen molar-refractivity contribution < 1.29 is 24.6 Å². The molecule has 0 radical (unpaired) electrons. The summed E-state index contributed by atoms with van der Waals surface area (Å²) < 4.78 is 0. The third-order valence-electron chi connectivity index (χ3n) is 16.8. The van der Waals surface area contributed by atoms with Gasteiger partial charge in [-0.1, -0.05) is 57.2 Å². The molecule has 2 aromatic carbocycles. The number of phenols is 1. The highest BCUT2D eigenvalue weighted by Gasteiger charge is 2.50. The van der Waals surface area contributed by atoms with Gasteiger partial charge in [0.1, 0.15) is 17.8 Å². The van der Waals surface area contributed by atoms with Crippen molar-refractivity contribution in [2.75, 3.05) is 44.2 Å². The van der Waals surface area contributed by atoms with Crippen molar-refractivity contribution in [1.29, 1.82) is 0 Å². The van der Waals surface area contributed by atoms with Crippen LogP contribution in [0.25, 0.3) is 32.7 Å². The van der Waals surface area contributed by atoms with Gasteiger partial charge in [0.2, 0.25) is 17.8 Å². The zero-order chi connectivity index (χ0) is 51.5. The van der Waals surface area contributed by atoms with Gasteiger partial charge in [-0.25, -0.2) is 19.7 Å². The molecule has 388 valence electrons. The van der Waals surface area contributed by atoms with E-state index < -0.39 is 23.6 Å². The summed E-state index contributed by atoms with van der Waals surface area (Å²) in [5.41, 5.74) is 9.80. The number of anilines is 1. The zero-order valence-electron chi connectivity index (χ0n) is 43.1. The molecule has 4 aromatic heterocycles. The van der Waals surface area contributed by atoms with E-state index in [4.69, 9.17) is 9.97 Å². The summed E-state index contributed by atoms with van der Waals surface area (Å²) >= 11 is 1.59. The third-order valence-corrected chi connectivity index (χ3v) is 17.8. The maximum absolute atomic E-state index is 14.3. The van der Waals surface area contributed by atoms with Gasteiger partial charge in [0.05, 0.1) is 33.9 Å². The molecule has 0 bridgehead atoms. The van der Waals surface area contributed by atoms with Crippen molar-refractivity contribution in [3.8, 4) is 27.4 Å². The number of amides is 4. The fraction of sp³-hybridized carbons (Fsp3) is 0.500. The number of fused-ring (bicyclic) bond motifs is 3. The van der Waals surface area contributed by atoms with Gasteiger partial charge in [-0.05, 0) is 112 Å². The number of H-pyrrole nitrogens is 1. The van der Waals surface area contributed by atoms with Crippen LogP contribution in [0.2, 0.25) is 0 Å². The second-order valence-electron chi connectivity index (χ2n) is 22.7. The van der Waals surface area contributed by atoms with Crippen LogP contribution in [0.15, 0.2) is 72.5 Å². The summed E-state index contributed by atoms with van der Waals surface area (Å²) in [5.74, 6) is 0.633. The van der Waals surface area contributed by atoms with E-state index in [2.05, 4.69) is 47.5 Å². The number of piperidine rings is 1. The molecule has 5 N–H and O–H groups in total. The minimum Gasteiger partial charge on any atom is -0.507 e. The Bertz CT molecular complexity index is 3020. The Balaban J connectivity index is 0.640. The van der Waals surface area contributed by atoms with E-state index >= 15 is 0 Å². The lowest BCUT2D eigenvalue weighted by molar-refractivity contribution is -0.142. The number of carbonyl (C=O) groups excluding carboxylic acids is 3. The number of benzene rings is 2. The van der Waals surface area contributed by atoms with Gasteiger partial charge in [-0.3, -0.25) is 9.59 Å². The highest BCUT2D eigenvalue weighted by molar-refractivity contribution is 7.13. The summed E-state index contributed by atoms with van der Waals surface area (Å²) in [4.78, 5) is 68.9. The predicted octanol–water partition coefficient (Wildman–Crippen LogP) is 7.50. The lowest BCUT2D eigenvalue weighted by atomic mass is 9.67.